The van der Waals surface area contributed by atoms with Gasteiger partial charge in [0.25, 0.3) is 0 Å². The second-order valence-electron chi connectivity index (χ2n) is 16.8. The lowest BCUT2D eigenvalue weighted by atomic mass is 9.43. The lowest BCUT2D eigenvalue weighted by molar-refractivity contribution is -0.169. The van der Waals surface area contributed by atoms with Gasteiger partial charge in [-0.2, -0.15) is 0 Å². The summed E-state index contributed by atoms with van der Waals surface area (Å²) in [5.74, 6) is 2.08. The number of allylic oxidation sites excluding steroid dienone is 4. The van der Waals surface area contributed by atoms with Crippen molar-refractivity contribution >= 4 is 17.3 Å². The van der Waals surface area contributed by atoms with E-state index in [1.807, 2.05) is 23.3 Å². The van der Waals surface area contributed by atoms with Gasteiger partial charge in [-0.25, -0.2) is 0 Å². The zero-order chi connectivity index (χ0) is 32.1. The molecule has 0 heterocycles. The third kappa shape index (κ3) is 5.66. The quantitative estimate of drug-likeness (QED) is 0.167. The smallest absolute Gasteiger partial charge is 0.306 e. The molecule has 244 valence electrons. The maximum absolute atomic E-state index is 13.1. The topological polar surface area (TPSA) is 78.3 Å². The Labute approximate surface area is 268 Å². The second kappa shape index (κ2) is 12.2. The molecule has 7 unspecified atom stereocenters. The van der Waals surface area contributed by atoms with E-state index >= 15 is 0 Å². The number of aryl methyl sites for hydroxylation is 1. The fourth-order valence-corrected chi connectivity index (χ4v) is 11.1. The van der Waals surface area contributed by atoms with Crippen LogP contribution in [0.2, 0.25) is 0 Å². The number of nitrogens with two attached hydrogens (primary N) is 2. The molecule has 4 aliphatic carbocycles. The minimum atomic E-state index is -0.0620. The molecule has 4 heteroatoms. The highest BCUT2D eigenvalue weighted by atomic mass is 16.5. The summed E-state index contributed by atoms with van der Waals surface area (Å²) in [6.45, 7) is 19.7. The Bertz CT molecular complexity index is 1300. The number of nitrogen functional groups attached to an aromatic ring is 2. The molecular weight excluding hydrogens is 540 g/mol. The number of esters is 1. The standard InChI is InChI=1S/C40H62N2O2/c1-26(2)11-9-12-27(3)30-19-23-40(8)32-17-18-34-37(4,5)35(21-22-38(34,6)31(32)20-24-39(30,40)7)44-36(43)14-10-13-28-15-16-29(41)25-33(28)42/h11,15-16,25,27,30,34-35H,9-10,12-14,17-24,41-42H2,1-8H3. The van der Waals surface area contributed by atoms with Gasteiger partial charge < -0.3 is 16.2 Å². The summed E-state index contributed by atoms with van der Waals surface area (Å²) in [7, 11) is 0. The second-order valence-corrected chi connectivity index (χ2v) is 16.8. The van der Waals surface area contributed by atoms with Crippen molar-refractivity contribution in [3.63, 3.8) is 0 Å². The molecule has 2 saturated carbocycles. The van der Waals surface area contributed by atoms with Gasteiger partial charge in [0, 0.05) is 23.2 Å². The molecule has 0 aromatic heterocycles. The first kappa shape index (κ1) is 33.1. The molecule has 7 atom stereocenters. The van der Waals surface area contributed by atoms with Crippen LogP contribution in [0.25, 0.3) is 0 Å². The van der Waals surface area contributed by atoms with Gasteiger partial charge in [0.1, 0.15) is 6.10 Å². The Morgan fingerprint density at radius 2 is 1.75 bits per heavy atom. The normalized spacial score (nSPS) is 34.9. The van der Waals surface area contributed by atoms with Crippen molar-refractivity contribution in [3.8, 4) is 0 Å². The molecule has 4 N–H and O–H groups in total. The Kier molecular flexibility index (Phi) is 9.17. The van der Waals surface area contributed by atoms with Crippen LogP contribution < -0.4 is 11.5 Å². The molecule has 0 spiro atoms. The van der Waals surface area contributed by atoms with E-state index in [1.165, 1.54) is 56.9 Å². The van der Waals surface area contributed by atoms with Gasteiger partial charge >= 0.3 is 5.97 Å². The van der Waals surface area contributed by atoms with Crippen molar-refractivity contribution in [2.45, 2.75) is 145 Å². The van der Waals surface area contributed by atoms with Gasteiger partial charge in [-0.05, 0) is 143 Å². The zero-order valence-corrected chi connectivity index (χ0v) is 29.3. The summed E-state index contributed by atoms with van der Waals surface area (Å²) in [5, 5.41) is 0. The Morgan fingerprint density at radius 3 is 2.45 bits per heavy atom. The number of hydrogen-bond donors (Lipinski definition) is 2. The average molecular weight is 603 g/mol. The molecule has 5 rings (SSSR count). The molecule has 4 nitrogen and oxygen atoms in total. The van der Waals surface area contributed by atoms with Gasteiger partial charge in [-0.1, -0.05) is 70.4 Å². The number of anilines is 2. The highest BCUT2D eigenvalue weighted by Gasteiger charge is 2.63. The Morgan fingerprint density at radius 1 is 1.00 bits per heavy atom. The third-order valence-electron chi connectivity index (χ3n) is 13.9. The lowest BCUT2D eigenvalue weighted by Gasteiger charge is -2.62. The Hall–Kier alpha value is -2.23. The molecule has 0 bridgehead atoms. The monoisotopic (exact) mass is 602 g/mol. The fraction of sp³-hybridized carbons (Fsp3) is 0.725. The van der Waals surface area contributed by atoms with Crippen LogP contribution in [0, 0.1) is 39.4 Å². The maximum Gasteiger partial charge on any atom is 0.306 e. The predicted molar refractivity (Wildman–Crippen MR) is 185 cm³/mol. The van der Waals surface area contributed by atoms with E-state index in [-0.39, 0.29) is 22.9 Å². The molecule has 0 amide bonds. The predicted octanol–water partition coefficient (Wildman–Crippen LogP) is 10.2. The first-order valence-electron chi connectivity index (χ1n) is 17.8. The average Bonchev–Trinajstić information content (AvgIpc) is 3.22. The van der Waals surface area contributed by atoms with Crippen molar-refractivity contribution in [3.05, 3.63) is 46.6 Å². The van der Waals surface area contributed by atoms with E-state index in [1.54, 1.807) is 6.07 Å². The first-order chi connectivity index (χ1) is 20.6. The van der Waals surface area contributed by atoms with Gasteiger partial charge in [0.2, 0.25) is 0 Å². The van der Waals surface area contributed by atoms with Crippen molar-refractivity contribution < 1.29 is 9.53 Å². The lowest BCUT2D eigenvalue weighted by Crippen LogP contribution is -2.55. The summed E-state index contributed by atoms with van der Waals surface area (Å²) >= 11 is 0. The van der Waals surface area contributed by atoms with Crippen molar-refractivity contribution in [2.75, 3.05) is 11.5 Å². The molecule has 2 fully saturated rings. The van der Waals surface area contributed by atoms with E-state index in [0.717, 1.165) is 43.1 Å². The minimum Gasteiger partial charge on any atom is -0.462 e. The molecule has 44 heavy (non-hydrogen) atoms. The number of ether oxygens (including phenoxy) is 1. The van der Waals surface area contributed by atoms with Crippen LogP contribution in [0.15, 0.2) is 41.0 Å². The summed E-state index contributed by atoms with van der Waals surface area (Å²) in [5.41, 5.74) is 20.4. The molecule has 1 aromatic carbocycles. The van der Waals surface area contributed by atoms with Crippen LogP contribution in [-0.4, -0.2) is 12.1 Å². The summed E-state index contributed by atoms with van der Waals surface area (Å²) in [6, 6.07) is 5.65. The fourth-order valence-electron chi connectivity index (χ4n) is 11.1. The van der Waals surface area contributed by atoms with Gasteiger partial charge in [-0.15, -0.1) is 0 Å². The molecule has 4 aliphatic rings. The highest BCUT2D eigenvalue weighted by Crippen LogP contribution is 2.72. The molecular formula is C40H62N2O2. The van der Waals surface area contributed by atoms with Crippen LogP contribution in [0.5, 0.6) is 0 Å². The highest BCUT2D eigenvalue weighted by molar-refractivity contribution is 5.69. The van der Waals surface area contributed by atoms with E-state index in [4.69, 9.17) is 16.2 Å². The van der Waals surface area contributed by atoms with Crippen LogP contribution in [0.4, 0.5) is 11.4 Å². The minimum absolute atomic E-state index is 0.0150. The number of benzene rings is 1. The maximum atomic E-state index is 13.1. The summed E-state index contributed by atoms with van der Waals surface area (Å²) in [6.07, 6.45) is 16.8. The van der Waals surface area contributed by atoms with Gasteiger partial charge in [0.05, 0.1) is 0 Å². The first-order valence-corrected chi connectivity index (χ1v) is 17.8. The summed E-state index contributed by atoms with van der Waals surface area (Å²) in [4.78, 5) is 13.1. The Balaban J connectivity index is 1.27. The molecule has 0 aliphatic heterocycles. The molecule has 0 radical (unpaired) electrons. The van der Waals surface area contributed by atoms with E-state index in [2.05, 4.69) is 61.5 Å². The number of carbonyl (C=O) groups is 1. The SMILES string of the molecule is CC(C)=CCCC(C)C1CCC2(C)C3=C(CCC12C)C1(C)CCC(OC(=O)CCCc2ccc(N)cc2N)C(C)(C)C1CC3. The van der Waals surface area contributed by atoms with Crippen LogP contribution >= 0.6 is 0 Å². The molecule has 1 aromatic rings. The number of hydrogen-bond acceptors (Lipinski definition) is 4. The van der Waals surface area contributed by atoms with E-state index < -0.39 is 0 Å². The number of carbonyl (C=O) groups excluding carboxylic acids is 1. The third-order valence-corrected chi connectivity index (χ3v) is 13.9. The van der Waals surface area contributed by atoms with E-state index in [0.29, 0.717) is 34.5 Å². The van der Waals surface area contributed by atoms with Crippen molar-refractivity contribution in [1.82, 2.24) is 0 Å². The largest absolute Gasteiger partial charge is 0.462 e. The number of rotatable bonds is 9. The zero-order valence-electron chi connectivity index (χ0n) is 29.3. The summed E-state index contributed by atoms with van der Waals surface area (Å²) < 4.78 is 6.31. The van der Waals surface area contributed by atoms with Gasteiger partial charge in [0.15, 0.2) is 0 Å². The van der Waals surface area contributed by atoms with Gasteiger partial charge in [-0.3, -0.25) is 4.79 Å². The van der Waals surface area contributed by atoms with Crippen LogP contribution in [0.1, 0.15) is 138 Å². The van der Waals surface area contributed by atoms with E-state index in [9.17, 15) is 4.79 Å². The number of fused-ring (bicyclic) bond motifs is 4. The van der Waals surface area contributed by atoms with Crippen molar-refractivity contribution in [1.29, 1.82) is 0 Å². The van der Waals surface area contributed by atoms with Crippen molar-refractivity contribution in [2.24, 2.45) is 39.4 Å². The van der Waals surface area contributed by atoms with Crippen LogP contribution in [0.3, 0.4) is 0 Å². The molecule has 0 saturated heterocycles. The van der Waals surface area contributed by atoms with Crippen LogP contribution in [-0.2, 0) is 16.0 Å².